The van der Waals surface area contributed by atoms with E-state index < -0.39 is 6.09 Å². The lowest BCUT2D eigenvalue weighted by Crippen LogP contribution is -2.25. The summed E-state index contributed by atoms with van der Waals surface area (Å²) in [7, 11) is 0. The van der Waals surface area contributed by atoms with E-state index in [-0.39, 0.29) is 18.2 Å². The van der Waals surface area contributed by atoms with Gasteiger partial charge >= 0.3 is 11.8 Å². The number of aromatic amines is 1. The first-order valence-electron chi connectivity index (χ1n) is 12.6. The van der Waals surface area contributed by atoms with Crippen LogP contribution in [0.25, 0.3) is 22.1 Å². The van der Waals surface area contributed by atoms with E-state index in [9.17, 15) is 14.4 Å². The van der Waals surface area contributed by atoms with Crippen molar-refractivity contribution in [2.75, 3.05) is 32.8 Å². The lowest BCUT2D eigenvalue weighted by molar-refractivity contribution is 0.112. The molecule has 2 saturated heterocycles. The second-order valence-corrected chi connectivity index (χ2v) is 9.55. The Morgan fingerprint density at radius 2 is 1.97 bits per heavy atom. The van der Waals surface area contributed by atoms with E-state index >= 15 is 0 Å². The van der Waals surface area contributed by atoms with Gasteiger partial charge in [-0.05, 0) is 67.2 Å². The maximum atomic E-state index is 11.7. The number of aromatic nitrogens is 4. The Labute approximate surface area is 224 Å². The number of unbranched alkanes of at least 4 members (excludes halogenated alkanes) is 1. The normalized spacial score (nSPS) is 18.6. The zero-order valence-corrected chi connectivity index (χ0v) is 21.9. The minimum absolute atomic E-state index is 0. The van der Waals surface area contributed by atoms with Crippen LogP contribution in [0.15, 0.2) is 45.6 Å². The number of nitrogens with zero attached hydrogens (tertiary/aromatic N) is 4. The van der Waals surface area contributed by atoms with Crippen molar-refractivity contribution in [3.63, 3.8) is 0 Å². The van der Waals surface area contributed by atoms with Gasteiger partial charge in [-0.1, -0.05) is 24.6 Å². The molecule has 12 heteroatoms. The minimum atomic E-state index is -0.551. The lowest BCUT2D eigenvalue weighted by atomic mass is 10.0. The van der Waals surface area contributed by atoms with E-state index in [1.807, 2.05) is 19.1 Å². The van der Waals surface area contributed by atoms with Gasteiger partial charge in [-0.15, -0.1) is 22.2 Å². The number of halogens is 1. The molecular formula is C26H31ClN6O5. The van der Waals surface area contributed by atoms with E-state index in [2.05, 4.69) is 31.6 Å². The van der Waals surface area contributed by atoms with Gasteiger partial charge in [0.1, 0.15) is 17.3 Å². The van der Waals surface area contributed by atoms with Gasteiger partial charge in [-0.25, -0.2) is 9.59 Å². The molecule has 0 amide bonds. The van der Waals surface area contributed by atoms with Crippen molar-refractivity contribution in [1.82, 2.24) is 30.2 Å². The second kappa shape index (κ2) is 12.3. The molecule has 2 aromatic carbocycles. The number of H-pyrrole nitrogens is 1. The summed E-state index contributed by atoms with van der Waals surface area (Å²) in [6.45, 7) is 7.99. The van der Waals surface area contributed by atoms with Crippen molar-refractivity contribution in [2.24, 2.45) is 11.8 Å². The van der Waals surface area contributed by atoms with Gasteiger partial charge in [0.25, 0.3) is 0 Å². The van der Waals surface area contributed by atoms with E-state index in [0.29, 0.717) is 28.8 Å². The molecule has 4 heterocycles. The summed E-state index contributed by atoms with van der Waals surface area (Å²) in [5, 5.41) is 11.0. The van der Waals surface area contributed by atoms with E-state index in [4.69, 9.17) is 9.15 Å². The van der Waals surface area contributed by atoms with Crippen LogP contribution in [0.3, 0.4) is 0 Å². The molecule has 2 N–H and O–H groups in total. The molecule has 0 unspecified atom stereocenters. The average Bonchev–Trinajstić information content (AvgIpc) is 3.66. The Balaban J connectivity index is 0.000000173. The third-order valence-corrected chi connectivity index (χ3v) is 6.86. The van der Waals surface area contributed by atoms with Crippen LogP contribution in [0.1, 0.15) is 35.7 Å². The fourth-order valence-electron chi connectivity index (χ4n) is 4.94. The number of ether oxygens (including phenoxy) is 1. The highest BCUT2D eigenvalue weighted by atomic mass is 35.5. The van der Waals surface area contributed by atoms with Crippen LogP contribution in [0.5, 0.6) is 0 Å². The van der Waals surface area contributed by atoms with Crippen LogP contribution in [0, 0.1) is 11.8 Å². The second-order valence-electron chi connectivity index (χ2n) is 9.55. The lowest BCUT2D eigenvalue weighted by Gasteiger charge is -2.16. The Kier molecular flexibility index (Phi) is 8.93. The highest BCUT2D eigenvalue weighted by Crippen LogP contribution is 2.27. The minimum Gasteiger partial charge on any atom is -0.448 e. The Morgan fingerprint density at radius 3 is 2.71 bits per heavy atom. The van der Waals surface area contributed by atoms with Crippen molar-refractivity contribution < 1.29 is 18.7 Å². The van der Waals surface area contributed by atoms with Crippen molar-refractivity contribution in [2.45, 2.75) is 26.3 Å². The number of hydrogen-bond acceptors (Lipinski definition) is 9. The van der Waals surface area contributed by atoms with Crippen molar-refractivity contribution in [3.05, 3.63) is 58.1 Å². The highest BCUT2D eigenvalue weighted by Gasteiger charge is 2.35. The van der Waals surface area contributed by atoms with Gasteiger partial charge in [-0.2, -0.15) is 0 Å². The molecule has 0 saturated carbocycles. The first-order valence-corrected chi connectivity index (χ1v) is 12.6. The molecule has 11 nitrogen and oxygen atoms in total. The summed E-state index contributed by atoms with van der Waals surface area (Å²) < 4.78 is 11.2. The van der Waals surface area contributed by atoms with Crippen LogP contribution in [0.4, 0.5) is 4.79 Å². The first kappa shape index (κ1) is 27.5. The standard InChI is InChI=1S/C14H17N3O2.C12H13N3O3.ClH/c18-14-16-12-2-1-9(3-13(12)19-14)6-17-7-10-4-15-5-11(10)8-17;1-2-3-6-18-12(17)15-11-5-4-9(8-16)7-10(11)13-14-15;/h1-3,10-11,15H,4-8H2,(H,16,18);4-5,7-8H,2-3,6H2,1H3;1H/t10-,11-;;/m1../s1. The summed E-state index contributed by atoms with van der Waals surface area (Å²) in [4.78, 5) is 38.6. The van der Waals surface area contributed by atoms with Crippen LogP contribution in [-0.2, 0) is 11.3 Å². The molecule has 2 atom stereocenters. The number of oxazole rings is 1. The molecule has 38 heavy (non-hydrogen) atoms. The fraction of sp³-hybridized carbons (Fsp3) is 0.423. The molecule has 2 fully saturated rings. The number of likely N-dealkylation sites (tertiary alicyclic amines) is 1. The predicted octanol–water partition coefficient (Wildman–Crippen LogP) is 3.22. The van der Waals surface area contributed by atoms with E-state index in [1.165, 1.54) is 18.7 Å². The van der Waals surface area contributed by atoms with Crippen LogP contribution in [-0.4, -0.2) is 70.0 Å². The van der Waals surface area contributed by atoms with Gasteiger partial charge in [0.05, 0.1) is 12.1 Å². The SMILES string of the molecule is CCCCOC(=O)n1nnc2cc(C=O)ccc21.Cl.O=c1[nH]c2ccc(CN3C[C@H]4CNC[C@@H]4C3)cc2o1. The number of carbonyl (C=O) groups is 2. The molecular weight excluding hydrogens is 512 g/mol. The number of nitrogens with one attached hydrogen (secondary N) is 2. The van der Waals surface area contributed by atoms with Gasteiger partial charge in [-0.3, -0.25) is 14.7 Å². The summed E-state index contributed by atoms with van der Waals surface area (Å²) in [5.41, 5.74) is 4.16. The molecule has 0 aliphatic carbocycles. The molecule has 6 rings (SSSR count). The van der Waals surface area contributed by atoms with Gasteiger partial charge in [0, 0.05) is 25.2 Å². The number of carbonyl (C=O) groups excluding carboxylic acids is 2. The first-order chi connectivity index (χ1) is 18.0. The number of rotatable bonds is 6. The molecule has 202 valence electrons. The van der Waals surface area contributed by atoms with Crippen LogP contribution < -0.4 is 11.1 Å². The fourth-order valence-corrected chi connectivity index (χ4v) is 4.94. The molecule has 0 spiro atoms. The van der Waals surface area contributed by atoms with Crippen LogP contribution in [0.2, 0.25) is 0 Å². The third kappa shape index (κ3) is 6.12. The average molecular weight is 543 g/mol. The predicted molar refractivity (Wildman–Crippen MR) is 144 cm³/mol. The number of fused-ring (bicyclic) bond motifs is 3. The monoisotopic (exact) mass is 542 g/mol. The topological polar surface area (TPSA) is 135 Å². The largest absolute Gasteiger partial charge is 0.448 e. The Hall–Kier alpha value is -3.54. The molecule has 2 aliphatic heterocycles. The quantitative estimate of drug-likeness (QED) is 0.278. The third-order valence-electron chi connectivity index (χ3n) is 6.86. The molecule has 0 bridgehead atoms. The van der Waals surface area contributed by atoms with E-state index in [1.54, 1.807) is 18.2 Å². The summed E-state index contributed by atoms with van der Waals surface area (Å²) in [6.07, 6.45) is 1.93. The molecule has 4 aromatic rings. The number of benzene rings is 2. The molecule has 2 aliphatic rings. The van der Waals surface area contributed by atoms with Crippen molar-refractivity contribution in [3.8, 4) is 0 Å². The maximum Gasteiger partial charge on any atom is 0.436 e. The Morgan fingerprint density at radius 1 is 1.18 bits per heavy atom. The molecule has 2 aromatic heterocycles. The van der Waals surface area contributed by atoms with Gasteiger partial charge < -0.3 is 14.5 Å². The Bertz CT molecular complexity index is 1450. The van der Waals surface area contributed by atoms with Gasteiger partial charge in [0.2, 0.25) is 0 Å². The van der Waals surface area contributed by atoms with Gasteiger partial charge in [0.15, 0.2) is 5.58 Å². The zero-order chi connectivity index (χ0) is 25.8. The summed E-state index contributed by atoms with van der Waals surface area (Å²) in [6, 6.07) is 10.8. The summed E-state index contributed by atoms with van der Waals surface area (Å²) >= 11 is 0. The van der Waals surface area contributed by atoms with Crippen molar-refractivity contribution in [1.29, 1.82) is 0 Å². The number of hydrogen-bond donors (Lipinski definition) is 2. The van der Waals surface area contributed by atoms with Crippen molar-refractivity contribution >= 4 is 46.9 Å². The highest BCUT2D eigenvalue weighted by molar-refractivity contribution is 5.89. The van der Waals surface area contributed by atoms with Crippen LogP contribution >= 0.6 is 12.4 Å². The smallest absolute Gasteiger partial charge is 0.436 e. The van der Waals surface area contributed by atoms with E-state index in [0.717, 1.165) is 60.8 Å². The summed E-state index contributed by atoms with van der Waals surface area (Å²) in [5.74, 6) is 1.25. The molecule has 0 radical (unpaired) electrons. The number of aldehydes is 1. The maximum absolute atomic E-state index is 11.7. The zero-order valence-electron chi connectivity index (χ0n) is 21.1.